The standard InChI is InChI=1S/C46H30/c1-2-12-37-30-38(29-24-31(37)10-1)46-43-17-7-5-15-41(43)45(42-16-6-8-18-44(42)46)36-27-22-33(23-28-36)32-20-25-35(26-21-32)40-19-9-13-34-11-3-4-14-39(34)40/h1-30H. The van der Waals surface area contributed by atoms with Gasteiger partial charge in [0.15, 0.2) is 0 Å². The lowest BCUT2D eigenvalue weighted by Crippen LogP contribution is -1.91. The maximum absolute atomic E-state index is 2.34. The van der Waals surface area contributed by atoms with Gasteiger partial charge < -0.3 is 0 Å². The number of hydrogen-bond acceptors (Lipinski definition) is 0. The van der Waals surface area contributed by atoms with Crippen LogP contribution in [0.3, 0.4) is 0 Å². The van der Waals surface area contributed by atoms with Gasteiger partial charge >= 0.3 is 0 Å². The first kappa shape index (κ1) is 26.4. The molecule has 0 atom stereocenters. The molecule has 0 N–H and O–H groups in total. The van der Waals surface area contributed by atoms with Crippen molar-refractivity contribution in [2.45, 2.75) is 0 Å². The highest BCUT2D eigenvalue weighted by Gasteiger charge is 2.17. The zero-order valence-corrected chi connectivity index (χ0v) is 25.3. The molecule has 0 radical (unpaired) electrons. The molecule has 0 unspecified atom stereocenters. The van der Waals surface area contributed by atoms with Crippen LogP contribution in [0, 0.1) is 0 Å². The minimum absolute atomic E-state index is 1.22. The van der Waals surface area contributed by atoms with E-state index in [1.165, 1.54) is 87.6 Å². The zero-order valence-electron chi connectivity index (χ0n) is 25.3. The molecule has 0 amide bonds. The van der Waals surface area contributed by atoms with Crippen LogP contribution in [0.4, 0.5) is 0 Å². The minimum Gasteiger partial charge on any atom is -0.0616 e. The SMILES string of the molecule is c1ccc2cc(-c3c4ccccc4c(-c4ccc(-c5ccc(-c6cccc7ccccc67)cc5)cc4)c4ccccc34)ccc2c1. The monoisotopic (exact) mass is 582 g/mol. The number of hydrogen-bond donors (Lipinski definition) is 0. The quantitative estimate of drug-likeness (QED) is 0.181. The van der Waals surface area contributed by atoms with Gasteiger partial charge in [-0.1, -0.05) is 176 Å². The Morgan fingerprint density at radius 3 is 1.24 bits per heavy atom. The van der Waals surface area contributed by atoms with Crippen molar-refractivity contribution in [1.82, 2.24) is 0 Å². The third-order valence-electron chi connectivity index (χ3n) is 9.46. The Balaban J connectivity index is 1.14. The Bertz CT molecular complexity index is 2490. The van der Waals surface area contributed by atoms with E-state index in [1.807, 2.05) is 0 Å². The Morgan fingerprint density at radius 1 is 0.217 bits per heavy atom. The molecule has 0 saturated heterocycles. The van der Waals surface area contributed by atoms with E-state index >= 15 is 0 Å². The Hall–Kier alpha value is -5.98. The van der Waals surface area contributed by atoms with Crippen LogP contribution in [0.1, 0.15) is 0 Å². The van der Waals surface area contributed by atoms with Crippen LogP contribution < -0.4 is 0 Å². The Morgan fingerprint density at radius 2 is 0.630 bits per heavy atom. The maximum Gasteiger partial charge on any atom is -0.00262 e. The number of fused-ring (bicyclic) bond motifs is 4. The molecule has 0 aliphatic rings. The molecule has 0 spiro atoms. The van der Waals surface area contributed by atoms with Gasteiger partial charge in [-0.3, -0.25) is 0 Å². The Labute approximate surface area is 268 Å². The van der Waals surface area contributed by atoms with Gasteiger partial charge in [0, 0.05) is 0 Å². The van der Waals surface area contributed by atoms with E-state index in [-0.39, 0.29) is 0 Å². The van der Waals surface area contributed by atoms with E-state index in [1.54, 1.807) is 0 Å². The second-order valence-corrected chi connectivity index (χ2v) is 12.1. The topological polar surface area (TPSA) is 0 Å². The lowest BCUT2D eigenvalue weighted by atomic mass is 9.85. The van der Waals surface area contributed by atoms with E-state index in [0.717, 1.165) is 0 Å². The van der Waals surface area contributed by atoms with Crippen LogP contribution in [0.2, 0.25) is 0 Å². The predicted octanol–water partition coefficient (Wildman–Crippen LogP) is 13.0. The smallest absolute Gasteiger partial charge is 0.00262 e. The summed E-state index contributed by atoms with van der Waals surface area (Å²) >= 11 is 0. The maximum atomic E-state index is 2.34. The first-order valence-electron chi connectivity index (χ1n) is 15.9. The van der Waals surface area contributed by atoms with Gasteiger partial charge in [-0.15, -0.1) is 0 Å². The molecule has 0 nitrogen and oxygen atoms in total. The molecule has 0 heterocycles. The third-order valence-corrected chi connectivity index (χ3v) is 9.46. The predicted molar refractivity (Wildman–Crippen MR) is 198 cm³/mol. The van der Waals surface area contributed by atoms with Crippen molar-refractivity contribution in [1.29, 1.82) is 0 Å². The first-order valence-corrected chi connectivity index (χ1v) is 15.9. The van der Waals surface area contributed by atoms with Crippen molar-refractivity contribution in [3.05, 3.63) is 182 Å². The molecule has 0 heteroatoms. The van der Waals surface area contributed by atoms with Crippen molar-refractivity contribution in [3.8, 4) is 44.5 Å². The summed E-state index contributed by atoms with van der Waals surface area (Å²) in [4.78, 5) is 0. The molecule has 0 aromatic heterocycles. The third kappa shape index (κ3) is 4.38. The normalized spacial score (nSPS) is 11.5. The van der Waals surface area contributed by atoms with Crippen LogP contribution in [0.15, 0.2) is 182 Å². The number of benzene rings is 9. The molecule has 0 bridgehead atoms. The first-order chi connectivity index (χ1) is 22.8. The van der Waals surface area contributed by atoms with Crippen molar-refractivity contribution < 1.29 is 0 Å². The molecule has 0 aliphatic heterocycles. The summed E-state index contributed by atoms with van der Waals surface area (Å²) in [5, 5.41) is 10.2. The van der Waals surface area contributed by atoms with Gasteiger partial charge in [-0.05, 0) is 93.7 Å². The minimum atomic E-state index is 1.22. The fraction of sp³-hybridized carbons (Fsp3) is 0. The average molecular weight is 583 g/mol. The molecule has 46 heavy (non-hydrogen) atoms. The van der Waals surface area contributed by atoms with Gasteiger partial charge in [-0.2, -0.15) is 0 Å². The van der Waals surface area contributed by atoms with Crippen molar-refractivity contribution in [2.24, 2.45) is 0 Å². The van der Waals surface area contributed by atoms with Gasteiger partial charge in [0.1, 0.15) is 0 Å². The molecule has 9 aromatic rings. The second kappa shape index (κ2) is 10.9. The van der Waals surface area contributed by atoms with Crippen molar-refractivity contribution in [3.63, 3.8) is 0 Å². The zero-order chi connectivity index (χ0) is 30.5. The van der Waals surface area contributed by atoms with Crippen LogP contribution in [0.25, 0.3) is 87.6 Å². The molecule has 0 aliphatic carbocycles. The van der Waals surface area contributed by atoms with E-state index in [9.17, 15) is 0 Å². The summed E-state index contributed by atoms with van der Waals surface area (Å²) in [7, 11) is 0. The highest BCUT2D eigenvalue weighted by atomic mass is 14.2. The molecule has 9 aromatic carbocycles. The summed E-state index contributed by atoms with van der Waals surface area (Å²) in [6.45, 7) is 0. The summed E-state index contributed by atoms with van der Waals surface area (Å²) < 4.78 is 0. The van der Waals surface area contributed by atoms with Gasteiger partial charge in [-0.25, -0.2) is 0 Å². The summed E-state index contributed by atoms with van der Waals surface area (Å²) in [6, 6.07) is 66.5. The fourth-order valence-electron chi connectivity index (χ4n) is 7.24. The van der Waals surface area contributed by atoms with Crippen LogP contribution in [0.5, 0.6) is 0 Å². The van der Waals surface area contributed by atoms with Gasteiger partial charge in [0.25, 0.3) is 0 Å². The second-order valence-electron chi connectivity index (χ2n) is 12.1. The molecule has 214 valence electrons. The summed E-state index contributed by atoms with van der Waals surface area (Å²) in [5.74, 6) is 0. The molecular formula is C46H30. The number of rotatable bonds is 4. The summed E-state index contributed by atoms with van der Waals surface area (Å²) in [6.07, 6.45) is 0. The lowest BCUT2D eigenvalue weighted by Gasteiger charge is -2.18. The highest BCUT2D eigenvalue weighted by Crippen LogP contribution is 2.44. The molecular weight excluding hydrogens is 553 g/mol. The van der Waals surface area contributed by atoms with E-state index < -0.39 is 0 Å². The molecule has 0 fully saturated rings. The largest absolute Gasteiger partial charge is 0.0616 e. The van der Waals surface area contributed by atoms with Crippen LogP contribution in [-0.4, -0.2) is 0 Å². The van der Waals surface area contributed by atoms with Gasteiger partial charge in [0.2, 0.25) is 0 Å². The van der Waals surface area contributed by atoms with Crippen molar-refractivity contribution in [2.75, 3.05) is 0 Å². The average Bonchev–Trinajstić information content (AvgIpc) is 3.13. The Kier molecular flexibility index (Phi) is 6.25. The van der Waals surface area contributed by atoms with E-state index in [0.29, 0.717) is 0 Å². The van der Waals surface area contributed by atoms with Crippen molar-refractivity contribution >= 4 is 43.1 Å². The van der Waals surface area contributed by atoms with E-state index in [4.69, 9.17) is 0 Å². The molecule has 0 saturated carbocycles. The molecule has 9 rings (SSSR count). The van der Waals surface area contributed by atoms with Crippen LogP contribution in [-0.2, 0) is 0 Å². The van der Waals surface area contributed by atoms with E-state index in [2.05, 4.69) is 182 Å². The summed E-state index contributed by atoms with van der Waals surface area (Å²) in [5.41, 5.74) is 10.0. The fourth-order valence-corrected chi connectivity index (χ4v) is 7.24. The van der Waals surface area contributed by atoms with Gasteiger partial charge in [0.05, 0.1) is 0 Å². The van der Waals surface area contributed by atoms with Crippen LogP contribution >= 0.6 is 0 Å². The highest BCUT2D eigenvalue weighted by molar-refractivity contribution is 6.21. The lowest BCUT2D eigenvalue weighted by molar-refractivity contribution is 1.60.